The van der Waals surface area contributed by atoms with Crippen molar-refractivity contribution in [1.29, 1.82) is 0 Å². The van der Waals surface area contributed by atoms with Crippen molar-refractivity contribution in [3.8, 4) is 0 Å². The highest BCUT2D eigenvalue weighted by Gasteiger charge is 2.51. The highest BCUT2D eigenvalue weighted by molar-refractivity contribution is 7.92. The zero-order valence-electron chi connectivity index (χ0n) is 17.6. The van der Waals surface area contributed by atoms with Gasteiger partial charge in [-0.1, -0.05) is 30.3 Å². The lowest BCUT2D eigenvalue weighted by Gasteiger charge is -2.28. The second kappa shape index (κ2) is 7.63. The average molecular weight is 463 g/mol. The first-order valence-corrected chi connectivity index (χ1v) is 12.0. The van der Waals surface area contributed by atoms with Gasteiger partial charge in [-0.2, -0.15) is 0 Å². The van der Waals surface area contributed by atoms with Crippen LogP contribution in [0.2, 0.25) is 0 Å². The molecule has 0 radical (unpaired) electrons. The molecule has 0 aromatic heterocycles. The molecule has 0 bridgehead atoms. The fourth-order valence-corrected chi connectivity index (χ4v) is 6.30. The van der Waals surface area contributed by atoms with E-state index in [4.69, 9.17) is 5.73 Å². The Morgan fingerprint density at radius 1 is 1.00 bits per heavy atom. The first kappa shape index (κ1) is 21.0. The number of benzene rings is 3. The van der Waals surface area contributed by atoms with Crippen molar-refractivity contribution in [2.24, 2.45) is 0 Å². The molecule has 33 heavy (non-hydrogen) atoms. The summed E-state index contributed by atoms with van der Waals surface area (Å²) in [5.74, 6) is -0.169. The Labute approximate surface area is 191 Å². The number of fused-ring (bicyclic) bond motifs is 1. The Hall–Kier alpha value is -3.85. The smallest absolute Gasteiger partial charge is 0.316 e. The number of hydrogen-bond donors (Lipinski definition) is 3. The minimum atomic E-state index is -4.01. The molecule has 1 atom stereocenters. The van der Waals surface area contributed by atoms with Gasteiger partial charge in [0.1, 0.15) is 0 Å². The lowest BCUT2D eigenvalue weighted by Crippen LogP contribution is -2.47. The average Bonchev–Trinajstić information content (AvgIpc) is 3.44. The molecular weight excluding hydrogens is 440 g/mol. The van der Waals surface area contributed by atoms with Crippen LogP contribution in [0.25, 0.3) is 0 Å². The van der Waals surface area contributed by atoms with Crippen molar-refractivity contribution in [2.45, 2.75) is 16.2 Å². The third-order valence-corrected chi connectivity index (χ3v) is 8.45. The van der Waals surface area contributed by atoms with Crippen LogP contribution in [0.15, 0.2) is 77.7 Å². The molecule has 8 nitrogen and oxygen atoms in total. The first-order valence-electron chi connectivity index (χ1n) is 10.5. The van der Waals surface area contributed by atoms with E-state index >= 15 is 0 Å². The van der Waals surface area contributed by atoms with Crippen LogP contribution in [-0.4, -0.2) is 33.4 Å². The number of nitrogens with two attached hydrogens (primary N) is 1. The number of hydrogen-bond acceptors (Lipinski definition) is 5. The molecule has 0 saturated carbocycles. The maximum Gasteiger partial charge on any atom is 0.316 e. The van der Waals surface area contributed by atoms with Gasteiger partial charge in [-0.3, -0.25) is 4.79 Å². The van der Waals surface area contributed by atoms with Gasteiger partial charge in [0, 0.05) is 23.5 Å². The number of anilines is 2. The van der Waals surface area contributed by atoms with Gasteiger partial charge in [-0.25, -0.2) is 13.2 Å². The molecule has 1 unspecified atom stereocenters. The Kier molecular flexibility index (Phi) is 4.86. The Morgan fingerprint density at radius 2 is 1.73 bits per heavy atom. The summed E-state index contributed by atoms with van der Waals surface area (Å²) < 4.78 is 27.6. The van der Waals surface area contributed by atoms with Crippen LogP contribution in [0.4, 0.5) is 16.2 Å². The second-order valence-electron chi connectivity index (χ2n) is 8.12. The van der Waals surface area contributed by atoms with Crippen LogP contribution in [-0.2, 0) is 21.1 Å². The van der Waals surface area contributed by atoms with E-state index in [0.717, 1.165) is 5.56 Å². The van der Waals surface area contributed by atoms with E-state index in [1.54, 1.807) is 71.6 Å². The molecule has 4 N–H and O–H groups in total. The van der Waals surface area contributed by atoms with Crippen LogP contribution >= 0.6 is 0 Å². The molecule has 1 saturated heterocycles. The molecule has 2 aliphatic rings. The van der Waals surface area contributed by atoms with Crippen molar-refractivity contribution in [1.82, 2.24) is 10.6 Å². The summed E-state index contributed by atoms with van der Waals surface area (Å²) in [5.41, 5.74) is 8.72. The van der Waals surface area contributed by atoms with Gasteiger partial charge in [0.2, 0.25) is 9.84 Å². The van der Waals surface area contributed by atoms with Gasteiger partial charge in [-0.05, 0) is 60.0 Å². The molecule has 2 heterocycles. The van der Waals surface area contributed by atoms with Gasteiger partial charge in [-0.15, -0.1) is 0 Å². The monoisotopic (exact) mass is 462 g/mol. The van der Waals surface area contributed by atoms with Crippen molar-refractivity contribution in [3.05, 3.63) is 89.5 Å². The number of carbonyl (C=O) groups is 2. The summed E-state index contributed by atoms with van der Waals surface area (Å²) in [6, 6.07) is 19.6. The number of nitrogen functional groups attached to an aromatic ring is 1. The van der Waals surface area contributed by atoms with E-state index in [1.807, 2.05) is 0 Å². The molecule has 1 fully saturated rings. The Morgan fingerprint density at radius 3 is 2.39 bits per heavy atom. The summed E-state index contributed by atoms with van der Waals surface area (Å²) in [6.45, 7) is 0.362. The van der Waals surface area contributed by atoms with Crippen molar-refractivity contribution < 1.29 is 18.0 Å². The van der Waals surface area contributed by atoms with Crippen LogP contribution in [0, 0.1) is 0 Å². The van der Waals surface area contributed by atoms with Crippen LogP contribution in [0.5, 0.6) is 0 Å². The molecule has 0 aliphatic carbocycles. The van der Waals surface area contributed by atoms with Gasteiger partial charge in [0.25, 0.3) is 5.91 Å². The fraction of sp³-hybridized carbons (Fsp3) is 0.167. The lowest BCUT2D eigenvalue weighted by molar-refractivity contribution is 0.0989. The summed E-state index contributed by atoms with van der Waals surface area (Å²) in [4.78, 5) is 25.1. The minimum Gasteiger partial charge on any atom is -0.399 e. The second-order valence-corrected chi connectivity index (χ2v) is 10.3. The predicted molar refractivity (Wildman–Crippen MR) is 125 cm³/mol. The summed E-state index contributed by atoms with van der Waals surface area (Å²) in [5, 5.41) is 5.22. The lowest BCUT2D eigenvalue weighted by atomic mass is 10.1. The molecule has 3 aromatic carbocycles. The maximum atomic E-state index is 13.8. The number of amides is 3. The molecular formula is C24H22N4O4S. The van der Waals surface area contributed by atoms with Crippen molar-refractivity contribution >= 4 is 33.2 Å². The molecule has 5 rings (SSSR count). The number of urea groups is 1. The first-order chi connectivity index (χ1) is 15.8. The molecule has 2 aliphatic heterocycles. The normalized spacial score (nSPS) is 19.6. The summed E-state index contributed by atoms with van der Waals surface area (Å²) in [6.07, 6.45) is 0.530. The third kappa shape index (κ3) is 3.32. The van der Waals surface area contributed by atoms with E-state index in [0.29, 0.717) is 35.5 Å². The zero-order valence-corrected chi connectivity index (χ0v) is 18.4. The van der Waals surface area contributed by atoms with E-state index in [2.05, 4.69) is 10.6 Å². The molecule has 3 aromatic rings. The minimum absolute atomic E-state index is 0.0863. The molecule has 0 spiro atoms. The number of nitrogens with zero attached hydrogens (tertiary/aromatic N) is 1. The van der Waals surface area contributed by atoms with Gasteiger partial charge >= 0.3 is 6.03 Å². The standard InChI is InChI=1S/C24H22N4O4S/c25-19-8-6-16(7-9-19)22(29)28-13-12-17-14-20(10-11-21(17)28)33(31,32)24(15-26-23(30)27-24)18-4-2-1-3-5-18/h1-11,14H,12-13,15,25H2,(H2,26,27,30). The highest BCUT2D eigenvalue weighted by Crippen LogP contribution is 2.38. The molecule has 168 valence electrons. The van der Waals surface area contributed by atoms with Crippen LogP contribution < -0.4 is 21.3 Å². The van der Waals surface area contributed by atoms with E-state index in [9.17, 15) is 18.0 Å². The van der Waals surface area contributed by atoms with Gasteiger partial charge in [0.05, 0.1) is 11.4 Å². The third-order valence-electron chi connectivity index (χ3n) is 6.17. The van der Waals surface area contributed by atoms with Crippen LogP contribution in [0.3, 0.4) is 0 Å². The number of carbonyl (C=O) groups excluding carboxylic acids is 2. The number of rotatable bonds is 4. The van der Waals surface area contributed by atoms with E-state index in [-0.39, 0.29) is 17.3 Å². The van der Waals surface area contributed by atoms with Gasteiger partial charge in [0.15, 0.2) is 4.87 Å². The predicted octanol–water partition coefficient (Wildman–Crippen LogP) is 2.41. The summed E-state index contributed by atoms with van der Waals surface area (Å²) >= 11 is 0. The zero-order chi connectivity index (χ0) is 23.2. The number of nitrogens with one attached hydrogen (secondary N) is 2. The highest BCUT2D eigenvalue weighted by atomic mass is 32.2. The molecule has 9 heteroatoms. The quantitative estimate of drug-likeness (QED) is 0.514. The Balaban J connectivity index is 1.52. The fourth-order valence-electron chi connectivity index (χ4n) is 4.41. The largest absolute Gasteiger partial charge is 0.399 e. The Bertz CT molecular complexity index is 1360. The summed E-state index contributed by atoms with van der Waals surface area (Å²) in [7, 11) is -4.01. The van der Waals surface area contributed by atoms with E-state index < -0.39 is 20.7 Å². The molecule has 3 amide bonds. The maximum absolute atomic E-state index is 13.8. The van der Waals surface area contributed by atoms with Crippen molar-refractivity contribution in [3.63, 3.8) is 0 Å². The van der Waals surface area contributed by atoms with Crippen LogP contribution in [0.1, 0.15) is 21.5 Å². The van der Waals surface area contributed by atoms with Gasteiger partial charge < -0.3 is 21.3 Å². The number of sulfone groups is 1. The topological polar surface area (TPSA) is 122 Å². The SMILES string of the molecule is Nc1ccc(C(=O)N2CCc3cc(S(=O)(=O)C4(c5ccccc5)CNC(=O)N4)ccc32)cc1. The van der Waals surface area contributed by atoms with Crippen molar-refractivity contribution in [2.75, 3.05) is 23.7 Å². The van der Waals surface area contributed by atoms with E-state index in [1.165, 1.54) is 6.07 Å².